The summed E-state index contributed by atoms with van der Waals surface area (Å²) in [7, 11) is 0. The smallest absolute Gasteiger partial charge is 0.350 e. The molecule has 0 spiro atoms. The molecule has 1 amide bonds. The SMILES string of the molecule is O=C(c1ncccc1F)N1CCC(N(c2cc(C(F)(F)F)ncn2)C2CC2)CC1. The van der Waals surface area contributed by atoms with E-state index in [1.807, 2.05) is 4.90 Å². The Hall–Kier alpha value is -2.78. The lowest BCUT2D eigenvalue weighted by atomic mass is 10.0. The fourth-order valence-corrected chi connectivity index (χ4v) is 3.71. The van der Waals surface area contributed by atoms with E-state index in [1.165, 1.54) is 23.2 Å². The Kier molecular flexibility index (Phi) is 5.10. The number of pyridine rings is 1. The van der Waals surface area contributed by atoms with Crippen LogP contribution in [0.2, 0.25) is 0 Å². The standard InChI is InChI=1S/C19H19F4N5O/c20-14-2-1-7-24-17(14)18(29)27-8-5-13(6-9-27)28(12-3-4-12)16-10-15(19(21,22)23)25-11-26-16/h1-2,7,10-13H,3-6,8-9H2. The molecule has 0 unspecified atom stereocenters. The first-order valence-corrected chi connectivity index (χ1v) is 9.42. The summed E-state index contributed by atoms with van der Waals surface area (Å²) in [6.45, 7) is 0.750. The zero-order valence-electron chi connectivity index (χ0n) is 15.4. The molecule has 1 aliphatic carbocycles. The van der Waals surface area contributed by atoms with Crippen molar-refractivity contribution in [2.24, 2.45) is 0 Å². The molecule has 4 rings (SSSR count). The average molecular weight is 409 g/mol. The Morgan fingerprint density at radius 3 is 2.38 bits per heavy atom. The molecule has 29 heavy (non-hydrogen) atoms. The third kappa shape index (κ3) is 4.15. The predicted octanol–water partition coefficient (Wildman–Crippen LogP) is 3.30. The van der Waals surface area contributed by atoms with Crippen molar-refractivity contribution < 1.29 is 22.4 Å². The van der Waals surface area contributed by atoms with Crippen LogP contribution in [0.1, 0.15) is 41.9 Å². The Bertz CT molecular complexity index is 894. The molecule has 3 heterocycles. The summed E-state index contributed by atoms with van der Waals surface area (Å²) in [6, 6.07) is 3.69. The van der Waals surface area contributed by atoms with Crippen molar-refractivity contribution in [1.29, 1.82) is 0 Å². The summed E-state index contributed by atoms with van der Waals surface area (Å²) in [6.07, 6.45) is 0.675. The molecule has 1 aliphatic heterocycles. The van der Waals surface area contributed by atoms with Crippen molar-refractivity contribution >= 4 is 11.7 Å². The summed E-state index contributed by atoms with van der Waals surface area (Å²) in [4.78, 5) is 27.2. The monoisotopic (exact) mass is 409 g/mol. The highest BCUT2D eigenvalue weighted by Crippen LogP contribution is 2.37. The summed E-state index contributed by atoms with van der Waals surface area (Å²) in [5.74, 6) is -0.879. The van der Waals surface area contributed by atoms with E-state index in [2.05, 4.69) is 15.0 Å². The van der Waals surface area contributed by atoms with E-state index in [0.717, 1.165) is 25.2 Å². The van der Waals surface area contributed by atoms with Gasteiger partial charge in [-0.2, -0.15) is 13.2 Å². The van der Waals surface area contributed by atoms with Gasteiger partial charge < -0.3 is 9.80 Å². The molecule has 6 nitrogen and oxygen atoms in total. The number of likely N-dealkylation sites (tertiary alicyclic amines) is 1. The van der Waals surface area contributed by atoms with Crippen molar-refractivity contribution in [2.45, 2.75) is 43.9 Å². The topological polar surface area (TPSA) is 62.2 Å². The third-order valence-electron chi connectivity index (χ3n) is 5.25. The highest BCUT2D eigenvalue weighted by atomic mass is 19.4. The summed E-state index contributed by atoms with van der Waals surface area (Å²) >= 11 is 0. The van der Waals surface area contributed by atoms with Crippen molar-refractivity contribution in [3.63, 3.8) is 0 Å². The number of rotatable bonds is 4. The Morgan fingerprint density at radius 1 is 1.07 bits per heavy atom. The number of amides is 1. The maximum Gasteiger partial charge on any atom is 0.433 e. The lowest BCUT2D eigenvalue weighted by Crippen LogP contribution is -2.48. The lowest BCUT2D eigenvalue weighted by Gasteiger charge is -2.39. The molecule has 154 valence electrons. The van der Waals surface area contributed by atoms with Crippen LogP contribution in [0, 0.1) is 5.82 Å². The van der Waals surface area contributed by atoms with Crippen LogP contribution in [0.4, 0.5) is 23.4 Å². The molecular weight excluding hydrogens is 390 g/mol. The minimum Gasteiger partial charge on any atom is -0.350 e. The Morgan fingerprint density at radius 2 is 1.76 bits per heavy atom. The van der Waals surface area contributed by atoms with Crippen LogP contribution in [0.3, 0.4) is 0 Å². The number of halogens is 4. The van der Waals surface area contributed by atoms with Crippen molar-refractivity contribution in [2.75, 3.05) is 18.0 Å². The second-order valence-electron chi connectivity index (χ2n) is 7.25. The van der Waals surface area contributed by atoms with Crippen LogP contribution in [0.15, 0.2) is 30.7 Å². The van der Waals surface area contributed by atoms with Crippen LogP contribution in [0.5, 0.6) is 0 Å². The summed E-state index contributed by atoms with van der Waals surface area (Å²) < 4.78 is 52.9. The molecule has 2 aromatic rings. The van der Waals surface area contributed by atoms with Gasteiger partial charge in [-0.1, -0.05) is 0 Å². The quantitative estimate of drug-likeness (QED) is 0.726. The number of aromatic nitrogens is 3. The third-order valence-corrected chi connectivity index (χ3v) is 5.25. The molecule has 0 bridgehead atoms. The Balaban J connectivity index is 1.48. The zero-order chi connectivity index (χ0) is 20.6. The van der Waals surface area contributed by atoms with Gasteiger partial charge in [0.1, 0.15) is 17.8 Å². The number of carbonyl (C=O) groups is 1. The number of hydrogen-bond donors (Lipinski definition) is 0. The van der Waals surface area contributed by atoms with Gasteiger partial charge in [-0.15, -0.1) is 0 Å². The van der Waals surface area contributed by atoms with E-state index >= 15 is 0 Å². The van der Waals surface area contributed by atoms with Gasteiger partial charge in [0.2, 0.25) is 0 Å². The average Bonchev–Trinajstić information content (AvgIpc) is 3.53. The van der Waals surface area contributed by atoms with Crippen LogP contribution in [-0.2, 0) is 6.18 Å². The fourth-order valence-electron chi connectivity index (χ4n) is 3.71. The molecule has 1 saturated carbocycles. The second kappa shape index (κ2) is 7.57. The zero-order valence-corrected chi connectivity index (χ0v) is 15.4. The van der Waals surface area contributed by atoms with Gasteiger partial charge in [-0.05, 0) is 37.8 Å². The van der Waals surface area contributed by atoms with E-state index in [4.69, 9.17) is 0 Å². The van der Waals surface area contributed by atoms with E-state index in [-0.39, 0.29) is 23.6 Å². The lowest BCUT2D eigenvalue weighted by molar-refractivity contribution is -0.141. The molecule has 10 heteroatoms. The number of anilines is 1. The maximum absolute atomic E-state index is 13.8. The van der Waals surface area contributed by atoms with Crippen LogP contribution in [-0.4, -0.2) is 50.9 Å². The molecule has 0 radical (unpaired) electrons. The fraction of sp³-hybridized carbons (Fsp3) is 0.474. The number of carbonyl (C=O) groups excluding carboxylic acids is 1. The van der Waals surface area contributed by atoms with Gasteiger partial charge in [0.25, 0.3) is 5.91 Å². The van der Waals surface area contributed by atoms with Crippen LogP contribution in [0.25, 0.3) is 0 Å². The number of alkyl halides is 3. The van der Waals surface area contributed by atoms with Crippen molar-refractivity contribution in [1.82, 2.24) is 19.9 Å². The molecule has 2 aliphatic rings. The van der Waals surface area contributed by atoms with Crippen LogP contribution >= 0.6 is 0 Å². The normalized spacial score (nSPS) is 18.0. The second-order valence-corrected chi connectivity index (χ2v) is 7.25. The molecule has 1 saturated heterocycles. The molecule has 0 aromatic carbocycles. The van der Waals surface area contributed by atoms with Crippen LogP contribution < -0.4 is 4.90 Å². The molecule has 2 fully saturated rings. The van der Waals surface area contributed by atoms with E-state index in [9.17, 15) is 22.4 Å². The molecule has 0 N–H and O–H groups in total. The van der Waals surface area contributed by atoms with Gasteiger partial charge in [0.15, 0.2) is 11.5 Å². The first kappa shape index (κ1) is 19.5. The van der Waals surface area contributed by atoms with E-state index in [1.54, 1.807) is 0 Å². The van der Waals surface area contributed by atoms with Crippen molar-refractivity contribution in [3.05, 3.63) is 47.9 Å². The van der Waals surface area contributed by atoms with Gasteiger partial charge in [0.05, 0.1) is 0 Å². The number of piperidine rings is 1. The number of hydrogen-bond acceptors (Lipinski definition) is 5. The Labute approximate surface area is 164 Å². The van der Waals surface area contributed by atoms with E-state index in [0.29, 0.717) is 25.9 Å². The van der Waals surface area contributed by atoms with E-state index < -0.39 is 23.6 Å². The highest BCUT2D eigenvalue weighted by molar-refractivity contribution is 5.92. The minimum atomic E-state index is -4.53. The predicted molar refractivity (Wildman–Crippen MR) is 95.7 cm³/mol. The largest absolute Gasteiger partial charge is 0.433 e. The summed E-state index contributed by atoms with van der Waals surface area (Å²) in [5.41, 5.74) is -1.18. The molecule has 2 aromatic heterocycles. The van der Waals surface area contributed by atoms with Crippen molar-refractivity contribution in [3.8, 4) is 0 Å². The minimum absolute atomic E-state index is 0.0453. The van der Waals surface area contributed by atoms with Gasteiger partial charge >= 0.3 is 6.18 Å². The van der Waals surface area contributed by atoms with Gasteiger partial charge in [0, 0.05) is 37.4 Å². The first-order chi connectivity index (χ1) is 13.8. The van der Waals surface area contributed by atoms with Gasteiger partial charge in [-0.25, -0.2) is 19.3 Å². The highest BCUT2D eigenvalue weighted by Gasteiger charge is 2.39. The van der Waals surface area contributed by atoms with Gasteiger partial charge in [-0.3, -0.25) is 4.79 Å². The molecular formula is C19H19F4N5O. The summed E-state index contributed by atoms with van der Waals surface area (Å²) in [5, 5.41) is 0. The molecule has 0 atom stereocenters. The first-order valence-electron chi connectivity index (χ1n) is 9.42. The maximum atomic E-state index is 13.8. The number of nitrogens with zero attached hydrogens (tertiary/aromatic N) is 5.